The molecule has 1 aliphatic rings. The highest BCUT2D eigenvalue weighted by molar-refractivity contribution is 5.95. The second-order valence-electron chi connectivity index (χ2n) is 5.12. The van der Waals surface area contributed by atoms with Gasteiger partial charge in [-0.15, -0.1) is 0 Å². The van der Waals surface area contributed by atoms with Crippen LogP contribution in [0.5, 0.6) is 0 Å². The van der Waals surface area contributed by atoms with E-state index in [1.165, 1.54) is 6.08 Å². The molecule has 112 valence electrons. The SMILES string of the molecule is O=C(O)C=Cc1ccc(C(=O)N2CCCCC2CO)cc1. The number of hydrogen-bond acceptors (Lipinski definition) is 3. The lowest BCUT2D eigenvalue weighted by molar-refractivity contribution is -0.131. The van der Waals surface area contributed by atoms with Gasteiger partial charge in [0.05, 0.1) is 12.6 Å². The van der Waals surface area contributed by atoms with Crippen LogP contribution < -0.4 is 0 Å². The molecule has 1 fully saturated rings. The number of benzene rings is 1. The van der Waals surface area contributed by atoms with Crippen LogP contribution in [0.15, 0.2) is 30.3 Å². The molecule has 1 amide bonds. The number of aliphatic carboxylic acids is 1. The van der Waals surface area contributed by atoms with Gasteiger partial charge in [-0.05, 0) is 43.0 Å². The maximum absolute atomic E-state index is 12.4. The molecular formula is C16H19NO4. The molecule has 1 atom stereocenters. The molecule has 1 aliphatic heterocycles. The molecule has 0 bridgehead atoms. The van der Waals surface area contributed by atoms with E-state index in [9.17, 15) is 14.7 Å². The zero-order chi connectivity index (χ0) is 15.2. The van der Waals surface area contributed by atoms with Gasteiger partial charge in [0, 0.05) is 18.2 Å². The van der Waals surface area contributed by atoms with Crippen LogP contribution in [-0.2, 0) is 4.79 Å². The van der Waals surface area contributed by atoms with E-state index in [0.717, 1.165) is 30.9 Å². The summed E-state index contributed by atoms with van der Waals surface area (Å²) < 4.78 is 0. The van der Waals surface area contributed by atoms with Crippen molar-refractivity contribution in [3.05, 3.63) is 41.5 Å². The van der Waals surface area contributed by atoms with Gasteiger partial charge in [0.2, 0.25) is 0 Å². The standard InChI is InChI=1S/C16H19NO4/c18-11-14-3-1-2-10-17(14)16(21)13-7-4-12(5-8-13)6-9-15(19)20/h4-9,14,18H,1-3,10-11H2,(H,19,20). The van der Waals surface area contributed by atoms with Crippen LogP contribution >= 0.6 is 0 Å². The molecule has 5 nitrogen and oxygen atoms in total. The van der Waals surface area contributed by atoms with E-state index in [-0.39, 0.29) is 18.6 Å². The fraction of sp³-hybridized carbons (Fsp3) is 0.375. The van der Waals surface area contributed by atoms with Crippen LogP contribution in [0.2, 0.25) is 0 Å². The van der Waals surface area contributed by atoms with Crippen LogP contribution in [0.3, 0.4) is 0 Å². The summed E-state index contributed by atoms with van der Waals surface area (Å²) in [5, 5.41) is 17.9. The molecule has 2 N–H and O–H groups in total. The summed E-state index contributed by atoms with van der Waals surface area (Å²) in [6.07, 6.45) is 5.37. The number of hydrogen-bond donors (Lipinski definition) is 2. The Balaban J connectivity index is 2.10. The van der Waals surface area contributed by atoms with Gasteiger partial charge < -0.3 is 15.1 Å². The van der Waals surface area contributed by atoms with Crippen molar-refractivity contribution < 1.29 is 19.8 Å². The quantitative estimate of drug-likeness (QED) is 0.828. The Morgan fingerprint density at radius 2 is 1.95 bits per heavy atom. The summed E-state index contributed by atoms with van der Waals surface area (Å²) in [5.41, 5.74) is 1.29. The van der Waals surface area contributed by atoms with Crippen LogP contribution in [0.25, 0.3) is 6.08 Å². The van der Waals surface area contributed by atoms with Crippen molar-refractivity contribution in [2.75, 3.05) is 13.2 Å². The van der Waals surface area contributed by atoms with E-state index < -0.39 is 5.97 Å². The molecule has 1 saturated heterocycles. The van der Waals surface area contributed by atoms with Crippen LogP contribution in [0, 0.1) is 0 Å². The number of piperidine rings is 1. The van der Waals surface area contributed by atoms with Crippen molar-refractivity contribution in [2.24, 2.45) is 0 Å². The highest BCUT2D eigenvalue weighted by Gasteiger charge is 2.26. The number of nitrogens with zero attached hydrogens (tertiary/aromatic N) is 1. The van der Waals surface area contributed by atoms with Gasteiger partial charge in [-0.1, -0.05) is 12.1 Å². The average molecular weight is 289 g/mol. The summed E-state index contributed by atoms with van der Waals surface area (Å²) in [6.45, 7) is 0.663. The van der Waals surface area contributed by atoms with Crippen molar-refractivity contribution in [1.82, 2.24) is 4.90 Å². The third-order valence-corrected chi connectivity index (χ3v) is 3.67. The number of carboxylic acids is 1. The van der Waals surface area contributed by atoms with Gasteiger partial charge in [-0.25, -0.2) is 4.79 Å². The predicted molar refractivity (Wildman–Crippen MR) is 78.9 cm³/mol. The minimum Gasteiger partial charge on any atom is -0.478 e. The first kappa shape index (κ1) is 15.3. The average Bonchev–Trinajstić information content (AvgIpc) is 2.52. The minimum absolute atomic E-state index is 0.00876. The molecule has 1 aromatic rings. The molecule has 5 heteroatoms. The lowest BCUT2D eigenvalue weighted by Gasteiger charge is -2.34. The number of aliphatic hydroxyl groups excluding tert-OH is 1. The van der Waals surface area contributed by atoms with E-state index in [1.54, 1.807) is 29.2 Å². The third-order valence-electron chi connectivity index (χ3n) is 3.67. The van der Waals surface area contributed by atoms with Gasteiger partial charge in [0.25, 0.3) is 5.91 Å². The van der Waals surface area contributed by atoms with Crippen LogP contribution in [0.4, 0.5) is 0 Å². The Hall–Kier alpha value is -2.14. The molecule has 1 unspecified atom stereocenters. The first-order valence-electron chi connectivity index (χ1n) is 7.04. The molecule has 2 rings (SSSR count). The lowest BCUT2D eigenvalue weighted by Crippen LogP contribution is -2.45. The highest BCUT2D eigenvalue weighted by Crippen LogP contribution is 2.19. The number of amides is 1. The Bertz CT molecular complexity index is 536. The van der Waals surface area contributed by atoms with Crippen molar-refractivity contribution in [2.45, 2.75) is 25.3 Å². The molecule has 0 radical (unpaired) electrons. The Morgan fingerprint density at radius 3 is 2.57 bits per heavy atom. The number of aliphatic hydroxyl groups is 1. The first-order chi connectivity index (χ1) is 10.1. The second-order valence-corrected chi connectivity index (χ2v) is 5.12. The number of likely N-dealkylation sites (tertiary alicyclic amines) is 1. The van der Waals surface area contributed by atoms with E-state index in [4.69, 9.17) is 5.11 Å². The largest absolute Gasteiger partial charge is 0.478 e. The zero-order valence-corrected chi connectivity index (χ0v) is 11.7. The van der Waals surface area contributed by atoms with E-state index in [2.05, 4.69) is 0 Å². The molecule has 1 heterocycles. The fourth-order valence-electron chi connectivity index (χ4n) is 2.53. The first-order valence-corrected chi connectivity index (χ1v) is 7.04. The van der Waals surface area contributed by atoms with E-state index >= 15 is 0 Å². The fourth-order valence-corrected chi connectivity index (χ4v) is 2.53. The Labute approximate surface area is 123 Å². The third kappa shape index (κ3) is 3.92. The highest BCUT2D eigenvalue weighted by atomic mass is 16.4. The van der Waals surface area contributed by atoms with Crippen molar-refractivity contribution in [3.63, 3.8) is 0 Å². The zero-order valence-electron chi connectivity index (χ0n) is 11.7. The number of carbonyl (C=O) groups excluding carboxylic acids is 1. The smallest absolute Gasteiger partial charge is 0.328 e. The van der Waals surface area contributed by atoms with Gasteiger partial charge in [-0.2, -0.15) is 0 Å². The summed E-state index contributed by atoms with van der Waals surface area (Å²) >= 11 is 0. The molecular weight excluding hydrogens is 270 g/mol. The second kappa shape index (κ2) is 7.04. The minimum atomic E-state index is -1.01. The molecule has 0 saturated carbocycles. The van der Waals surface area contributed by atoms with Gasteiger partial charge in [0.1, 0.15) is 0 Å². The maximum atomic E-state index is 12.4. The number of rotatable bonds is 4. The summed E-state index contributed by atoms with van der Waals surface area (Å²) in [6, 6.07) is 6.70. The van der Waals surface area contributed by atoms with Gasteiger partial charge >= 0.3 is 5.97 Å². The molecule has 0 aromatic heterocycles. The lowest BCUT2D eigenvalue weighted by atomic mass is 10.0. The van der Waals surface area contributed by atoms with Crippen molar-refractivity contribution in [3.8, 4) is 0 Å². The summed E-state index contributed by atoms with van der Waals surface area (Å²) in [7, 11) is 0. The van der Waals surface area contributed by atoms with Gasteiger partial charge in [-0.3, -0.25) is 4.79 Å². The molecule has 0 aliphatic carbocycles. The van der Waals surface area contributed by atoms with E-state index in [1.807, 2.05) is 0 Å². The van der Waals surface area contributed by atoms with E-state index in [0.29, 0.717) is 12.1 Å². The van der Waals surface area contributed by atoms with Gasteiger partial charge in [0.15, 0.2) is 0 Å². The molecule has 21 heavy (non-hydrogen) atoms. The normalized spacial score (nSPS) is 18.9. The molecule has 1 aromatic carbocycles. The Morgan fingerprint density at radius 1 is 1.24 bits per heavy atom. The monoisotopic (exact) mass is 289 g/mol. The summed E-state index contributed by atoms with van der Waals surface area (Å²) in [5.74, 6) is -1.09. The molecule has 0 spiro atoms. The Kier molecular flexibility index (Phi) is 5.11. The van der Waals surface area contributed by atoms with Crippen molar-refractivity contribution >= 4 is 18.0 Å². The predicted octanol–water partition coefficient (Wildman–Crippen LogP) is 1.77. The number of carboxylic acid groups (broad SMARTS) is 1. The summed E-state index contributed by atoms with van der Waals surface area (Å²) in [4.78, 5) is 24.6. The topological polar surface area (TPSA) is 77.8 Å². The van der Waals surface area contributed by atoms with Crippen molar-refractivity contribution in [1.29, 1.82) is 0 Å². The van der Waals surface area contributed by atoms with Crippen LogP contribution in [-0.4, -0.2) is 46.2 Å². The van der Waals surface area contributed by atoms with Crippen LogP contribution in [0.1, 0.15) is 35.2 Å². The number of carbonyl (C=O) groups is 2. The maximum Gasteiger partial charge on any atom is 0.328 e.